The lowest BCUT2D eigenvalue weighted by Gasteiger charge is -2.15. The molecule has 0 aliphatic heterocycles. The Morgan fingerprint density at radius 1 is 0.635 bits per heavy atom. The predicted octanol–water partition coefficient (Wildman–Crippen LogP) is 10.1. The molecule has 0 heterocycles. The van der Waals surface area contributed by atoms with E-state index in [0.717, 1.165) is 24.0 Å². The highest BCUT2D eigenvalue weighted by atomic mass is 35.7. The van der Waals surface area contributed by atoms with Crippen LogP contribution >= 0.6 is 10.7 Å². The molecule has 9 heteroatoms. The SMILES string of the molecule is C=CCC(CCS(=O)(=O)c1ccc(C)cc1)c1ccccc1.C=CCC(CN)c1ccccc1.CCN(CC)CC.Cc1ccc(S(=O)(=O)Cl)cc1. The molecule has 2 unspecified atom stereocenters. The molecule has 4 aromatic carbocycles. The van der Waals surface area contributed by atoms with Gasteiger partial charge in [-0.05, 0) is 107 Å². The van der Waals surface area contributed by atoms with Crippen LogP contribution < -0.4 is 5.73 Å². The third-order valence-corrected chi connectivity index (χ3v) is 11.6. The Morgan fingerprint density at radius 3 is 1.37 bits per heavy atom. The van der Waals surface area contributed by atoms with E-state index < -0.39 is 18.9 Å². The zero-order valence-electron chi connectivity index (χ0n) is 31.6. The van der Waals surface area contributed by atoms with Gasteiger partial charge in [-0.3, -0.25) is 0 Å². The van der Waals surface area contributed by atoms with Gasteiger partial charge in [-0.25, -0.2) is 16.8 Å². The molecule has 0 saturated carbocycles. The van der Waals surface area contributed by atoms with Gasteiger partial charge in [0.15, 0.2) is 9.84 Å². The Kier molecular flexibility index (Phi) is 22.8. The average molecular weight is 768 g/mol. The second kappa shape index (κ2) is 25.4. The van der Waals surface area contributed by atoms with E-state index in [1.807, 2.05) is 86.7 Å². The summed E-state index contributed by atoms with van der Waals surface area (Å²) < 4.78 is 46.3. The normalized spacial score (nSPS) is 12.1. The number of benzene rings is 4. The molecule has 0 spiro atoms. The molecule has 0 aliphatic carbocycles. The summed E-state index contributed by atoms with van der Waals surface area (Å²) in [6.45, 7) is 22.2. The Morgan fingerprint density at radius 2 is 1.02 bits per heavy atom. The van der Waals surface area contributed by atoms with Gasteiger partial charge in [0.05, 0.1) is 15.5 Å². The maximum Gasteiger partial charge on any atom is 0.261 e. The minimum absolute atomic E-state index is 0.143. The summed E-state index contributed by atoms with van der Waals surface area (Å²) in [5.41, 5.74) is 10.2. The first-order chi connectivity index (χ1) is 24.8. The molecule has 2 atom stereocenters. The highest BCUT2D eigenvalue weighted by Gasteiger charge is 2.18. The maximum absolute atomic E-state index is 12.5. The van der Waals surface area contributed by atoms with Crippen molar-refractivity contribution in [3.8, 4) is 0 Å². The molecule has 0 amide bonds. The molecule has 6 nitrogen and oxygen atoms in total. The maximum atomic E-state index is 12.5. The third kappa shape index (κ3) is 18.3. The van der Waals surface area contributed by atoms with Crippen LogP contribution in [0, 0.1) is 13.8 Å². The van der Waals surface area contributed by atoms with Gasteiger partial charge in [-0.2, -0.15) is 0 Å². The van der Waals surface area contributed by atoms with Gasteiger partial charge in [-0.15, -0.1) is 13.2 Å². The summed E-state index contributed by atoms with van der Waals surface area (Å²) in [6.07, 6.45) is 6.13. The van der Waals surface area contributed by atoms with Crippen LogP contribution in [0.25, 0.3) is 0 Å². The Bertz CT molecular complexity index is 1760. The Hall–Kier alpha value is -3.53. The highest BCUT2D eigenvalue weighted by molar-refractivity contribution is 8.13. The topological polar surface area (TPSA) is 97.5 Å². The van der Waals surface area contributed by atoms with Crippen molar-refractivity contribution in [1.29, 1.82) is 0 Å². The van der Waals surface area contributed by atoms with Crippen molar-refractivity contribution in [2.45, 2.75) is 75.5 Å². The van der Waals surface area contributed by atoms with Crippen LogP contribution in [0.2, 0.25) is 0 Å². The fourth-order valence-corrected chi connectivity index (χ4v) is 7.33. The monoisotopic (exact) mass is 766 g/mol. The van der Waals surface area contributed by atoms with Gasteiger partial charge >= 0.3 is 0 Å². The van der Waals surface area contributed by atoms with Crippen LogP contribution in [0.3, 0.4) is 0 Å². The summed E-state index contributed by atoms with van der Waals surface area (Å²) in [5, 5.41) is 0. The van der Waals surface area contributed by atoms with Crippen LogP contribution in [0.15, 0.2) is 144 Å². The van der Waals surface area contributed by atoms with Crippen LogP contribution in [-0.2, 0) is 18.9 Å². The number of hydrogen-bond donors (Lipinski definition) is 1. The van der Waals surface area contributed by atoms with E-state index in [1.54, 1.807) is 24.3 Å². The van der Waals surface area contributed by atoms with E-state index in [0.29, 0.717) is 23.8 Å². The van der Waals surface area contributed by atoms with Gasteiger partial charge < -0.3 is 10.6 Å². The van der Waals surface area contributed by atoms with Crippen LogP contribution in [0.4, 0.5) is 0 Å². The van der Waals surface area contributed by atoms with Crippen molar-refractivity contribution < 1.29 is 16.8 Å². The summed E-state index contributed by atoms with van der Waals surface area (Å²) in [5.74, 6) is 0.784. The first-order valence-electron chi connectivity index (χ1n) is 17.8. The quantitative estimate of drug-likeness (QED) is 0.0956. The molecule has 0 bridgehead atoms. The summed E-state index contributed by atoms with van der Waals surface area (Å²) >= 11 is 0. The zero-order chi connectivity index (χ0) is 39.0. The minimum atomic E-state index is -3.55. The molecule has 0 radical (unpaired) electrons. The lowest BCUT2D eigenvalue weighted by molar-refractivity contribution is 0.321. The van der Waals surface area contributed by atoms with Gasteiger partial charge in [0, 0.05) is 10.7 Å². The molecule has 4 aromatic rings. The number of hydrogen-bond acceptors (Lipinski definition) is 6. The average Bonchev–Trinajstić information content (AvgIpc) is 3.14. The van der Waals surface area contributed by atoms with E-state index in [4.69, 9.17) is 16.4 Å². The van der Waals surface area contributed by atoms with Crippen LogP contribution in [0.5, 0.6) is 0 Å². The number of nitrogens with two attached hydrogens (primary N) is 1. The van der Waals surface area contributed by atoms with E-state index in [9.17, 15) is 16.8 Å². The van der Waals surface area contributed by atoms with Crippen molar-refractivity contribution in [1.82, 2.24) is 4.90 Å². The van der Waals surface area contributed by atoms with E-state index in [2.05, 4.69) is 51.0 Å². The van der Waals surface area contributed by atoms with E-state index in [1.165, 1.54) is 42.9 Å². The number of allylic oxidation sites excluding steroid dienone is 2. The Labute approximate surface area is 319 Å². The predicted molar refractivity (Wildman–Crippen MR) is 223 cm³/mol. The number of halogens is 1. The first kappa shape index (κ1) is 46.5. The molecular weight excluding hydrogens is 708 g/mol. The van der Waals surface area contributed by atoms with Crippen molar-refractivity contribution in [2.24, 2.45) is 5.73 Å². The largest absolute Gasteiger partial charge is 0.330 e. The molecule has 0 fully saturated rings. The van der Waals surface area contributed by atoms with Crippen molar-refractivity contribution in [3.63, 3.8) is 0 Å². The van der Waals surface area contributed by atoms with Gasteiger partial charge in [0.25, 0.3) is 9.05 Å². The van der Waals surface area contributed by atoms with Gasteiger partial charge in [0.1, 0.15) is 0 Å². The lowest BCUT2D eigenvalue weighted by Crippen LogP contribution is -2.21. The molecule has 284 valence electrons. The van der Waals surface area contributed by atoms with E-state index >= 15 is 0 Å². The van der Waals surface area contributed by atoms with E-state index in [-0.39, 0.29) is 16.6 Å². The standard InChI is InChI=1S/C19H22O2S.C11H15N.C7H7ClO2S.C6H15N/c1-3-7-17(18-8-5-4-6-9-18)14-15-22(20,21)19-12-10-16(2)11-13-19;1-2-6-11(9-12)10-7-4-3-5-8-10;1-6-2-4-7(5-3-6)11(8,9)10;1-4-7(5-2)6-3/h3-6,8-13,17H,1,7,14-15H2,2H3;2-5,7-8,11H,1,6,9,12H2;2-5H,1H3;4-6H2,1-3H3. The number of sulfone groups is 1. The van der Waals surface area contributed by atoms with Gasteiger partial charge in [0.2, 0.25) is 0 Å². The summed E-state index contributed by atoms with van der Waals surface area (Å²) in [7, 11) is -1.70. The molecule has 0 aromatic heterocycles. The summed E-state index contributed by atoms with van der Waals surface area (Å²) in [6, 6.07) is 33.8. The fourth-order valence-electron chi connectivity index (χ4n) is 5.17. The first-order valence-corrected chi connectivity index (χ1v) is 21.8. The fraction of sp³-hybridized carbons (Fsp3) is 0.349. The number of rotatable bonds is 15. The number of nitrogens with zero attached hydrogens (tertiary/aromatic N) is 1. The minimum Gasteiger partial charge on any atom is -0.330 e. The molecule has 2 N–H and O–H groups in total. The number of aryl methyl sites for hydroxylation is 2. The van der Waals surface area contributed by atoms with Crippen LogP contribution in [0.1, 0.15) is 74.1 Å². The second-order valence-corrected chi connectivity index (χ2v) is 17.0. The smallest absolute Gasteiger partial charge is 0.261 e. The zero-order valence-corrected chi connectivity index (χ0v) is 34.0. The lowest BCUT2D eigenvalue weighted by atomic mass is 9.93. The van der Waals surface area contributed by atoms with Crippen molar-refractivity contribution >= 4 is 29.6 Å². The molecule has 0 aliphatic rings. The molecule has 0 saturated heterocycles. The highest BCUT2D eigenvalue weighted by Crippen LogP contribution is 2.26. The molecular formula is C43H59ClN2O4S2. The van der Waals surface area contributed by atoms with Crippen LogP contribution in [-0.4, -0.2) is 53.7 Å². The molecule has 52 heavy (non-hydrogen) atoms. The van der Waals surface area contributed by atoms with Crippen molar-refractivity contribution in [2.75, 3.05) is 31.9 Å². The molecule has 4 rings (SSSR count). The van der Waals surface area contributed by atoms with Crippen molar-refractivity contribution in [3.05, 3.63) is 157 Å². The summed E-state index contributed by atoms with van der Waals surface area (Å²) in [4.78, 5) is 2.92. The third-order valence-electron chi connectivity index (χ3n) is 8.49. The Balaban J connectivity index is 0.000000382. The van der Waals surface area contributed by atoms with Gasteiger partial charge in [-0.1, -0.05) is 129 Å². The second-order valence-electron chi connectivity index (χ2n) is 12.3.